The molecule has 0 spiro atoms. The van der Waals surface area contributed by atoms with Gasteiger partial charge < -0.3 is 4.74 Å². The van der Waals surface area contributed by atoms with Crippen molar-refractivity contribution in [1.29, 1.82) is 0 Å². The van der Waals surface area contributed by atoms with Crippen LogP contribution in [-0.4, -0.2) is 20.5 Å². The van der Waals surface area contributed by atoms with Crippen LogP contribution < -0.4 is 4.74 Å². The highest BCUT2D eigenvalue weighted by atomic mass is 32.2. The Morgan fingerprint density at radius 3 is 2.32 bits per heavy atom. The first-order valence-corrected chi connectivity index (χ1v) is 8.25. The third-order valence-corrected chi connectivity index (χ3v) is 5.15. The molecule has 0 atom stereocenters. The Kier molecular flexibility index (Phi) is 3.58. The van der Waals surface area contributed by atoms with Crippen molar-refractivity contribution in [3.8, 4) is 5.75 Å². The Labute approximate surface area is 129 Å². The molecular weight excluding hydrogens is 298 g/mol. The Hall–Kier alpha value is -2.40. The van der Waals surface area contributed by atoms with Gasteiger partial charge in [-0.2, -0.15) is 0 Å². The number of methoxy groups -OCH3 is 1. The highest BCUT2D eigenvalue weighted by molar-refractivity contribution is 7.91. The minimum Gasteiger partial charge on any atom is -0.497 e. The normalized spacial score (nSPS) is 11.5. The Morgan fingerprint density at radius 1 is 0.955 bits per heavy atom. The molecule has 0 unspecified atom stereocenters. The fraction of sp³-hybridized carbons (Fsp3) is 0.118. The minimum absolute atomic E-state index is 0.0390. The number of benzene rings is 2. The van der Waals surface area contributed by atoms with E-state index in [-0.39, 0.29) is 9.92 Å². The van der Waals surface area contributed by atoms with Gasteiger partial charge in [-0.3, -0.25) is 0 Å². The van der Waals surface area contributed by atoms with Gasteiger partial charge in [0.25, 0.3) is 0 Å². The van der Waals surface area contributed by atoms with E-state index >= 15 is 0 Å². The third kappa shape index (κ3) is 2.55. The Bertz CT molecular complexity index is 932. The number of ether oxygens (including phenoxy) is 1. The van der Waals surface area contributed by atoms with E-state index in [1.807, 2.05) is 19.1 Å². The van der Waals surface area contributed by atoms with Crippen LogP contribution in [0.5, 0.6) is 5.75 Å². The predicted octanol–water partition coefficient (Wildman–Crippen LogP) is 3.38. The van der Waals surface area contributed by atoms with E-state index in [0.717, 1.165) is 10.9 Å². The molecule has 0 aliphatic carbocycles. The summed E-state index contributed by atoms with van der Waals surface area (Å²) in [6, 6.07) is 15.4. The monoisotopic (exact) mass is 313 g/mol. The van der Waals surface area contributed by atoms with Gasteiger partial charge in [0.05, 0.1) is 17.5 Å². The van der Waals surface area contributed by atoms with Crippen molar-refractivity contribution < 1.29 is 13.2 Å². The second kappa shape index (κ2) is 5.42. The molecule has 0 fully saturated rings. The van der Waals surface area contributed by atoms with Gasteiger partial charge >= 0.3 is 0 Å². The van der Waals surface area contributed by atoms with E-state index in [4.69, 9.17) is 4.74 Å². The molecule has 0 aliphatic heterocycles. The maximum absolute atomic E-state index is 12.6. The van der Waals surface area contributed by atoms with Crippen LogP contribution in [0.15, 0.2) is 64.5 Å². The lowest BCUT2D eigenvalue weighted by Gasteiger charge is -2.07. The van der Waals surface area contributed by atoms with Gasteiger partial charge in [0.1, 0.15) is 5.75 Å². The smallest absolute Gasteiger partial charge is 0.223 e. The van der Waals surface area contributed by atoms with Crippen molar-refractivity contribution in [2.24, 2.45) is 0 Å². The summed E-state index contributed by atoms with van der Waals surface area (Å²) in [6.07, 6.45) is 0. The number of hydrogen-bond donors (Lipinski definition) is 0. The number of nitrogens with zero attached hydrogens (tertiary/aromatic N) is 1. The number of rotatable bonds is 3. The summed E-state index contributed by atoms with van der Waals surface area (Å²) in [5.41, 5.74) is 1.60. The van der Waals surface area contributed by atoms with Gasteiger partial charge in [-0.25, -0.2) is 13.4 Å². The summed E-state index contributed by atoms with van der Waals surface area (Å²) >= 11 is 0. The lowest BCUT2D eigenvalue weighted by molar-refractivity contribution is 0.415. The number of aromatic nitrogens is 1. The zero-order valence-electron chi connectivity index (χ0n) is 12.3. The van der Waals surface area contributed by atoms with E-state index < -0.39 is 9.84 Å². The van der Waals surface area contributed by atoms with Crippen molar-refractivity contribution in [1.82, 2.24) is 4.98 Å². The fourth-order valence-corrected chi connectivity index (χ4v) is 3.39. The highest BCUT2D eigenvalue weighted by Crippen LogP contribution is 2.24. The molecule has 3 aromatic rings. The summed E-state index contributed by atoms with van der Waals surface area (Å²) in [5, 5.41) is 0.903. The summed E-state index contributed by atoms with van der Waals surface area (Å²) in [5.74, 6) is 0.643. The predicted molar refractivity (Wildman–Crippen MR) is 84.9 cm³/mol. The van der Waals surface area contributed by atoms with Crippen molar-refractivity contribution >= 4 is 20.7 Å². The molecule has 0 aliphatic rings. The van der Waals surface area contributed by atoms with Crippen LogP contribution in [0.2, 0.25) is 0 Å². The van der Waals surface area contributed by atoms with E-state index in [1.54, 1.807) is 43.5 Å². The van der Waals surface area contributed by atoms with Gasteiger partial charge in [-0.1, -0.05) is 17.7 Å². The number of fused-ring (bicyclic) bond motifs is 1. The maximum Gasteiger partial charge on any atom is 0.223 e. The van der Waals surface area contributed by atoms with Gasteiger partial charge in [0, 0.05) is 11.5 Å². The van der Waals surface area contributed by atoms with Crippen LogP contribution >= 0.6 is 0 Å². The van der Waals surface area contributed by atoms with E-state index in [9.17, 15) is 8.42 Å². The van der Waals surface area contributed by atoms with Gasteiger partial charge in [-0.05, 0) is 43.3 Å². The summed E-state index contributed by atoms with van der Waals surface area (Å²) in [4.78, 5) is 4.53. The third-order valence-electron chi connectivity index (χ3n) is 3.48. The van der Waals surface area contributed by atoms with Crippen molar-refractivity contribution in [2.75, 3.05) is 7.11 Å². The van der Waals surface area contributed by atoms with E-state index in [0.29, 0.717) is 11.3 Å². The average Bonchev–Trinajstić information content (AvgIpc) is 2.54. The number of aryl methyl sites for hydroxylation is 1. The van der Waals surface area contributed by atoms with Gasteiger partial charge in [0.15, 0.2) is 5.03 Å². The molecule has 3 rings (SSSR count). The zero-order chi connectivity index (χ0) is 15.7. The molecular formula is C17H15NO3S. The van der Waals surface area contributed by atoms with Crippen LogP contribution in [0.1, 0.15) is 5.56 Å². The van der Waals surface area contributed by atoms with Gasteiger partial charge in [0.2, 0.25) is 9.84 Å². The number of hydrogen-bond acceptors (Lipinski definition) is 4. The summed E-state index contributed by atoms with van der Waals surface area (Å²) < 4.78 is 30.5. The molecule has 0 bridgehead atoms. The summed E-state index contributed by atoms with van der Waals surface area (Å²) in [6.45, 7) is 1.91. The molecule has 4 nitrogen and oxygen atoms in total. The molecule has 5 heteroatoms. The number of sulfone groups is 1. The second-order valence-corrected chi connectivity index (χ2v) is 6.92. The van der Waals surface area contributed by atoms with Crippen LogP contribution in [0.25, 0.3) is 10.9 Å². The molecule has 22 heavy (non-hydrogen) atoms. The quantitative estimate of drug-likeness (QED) is 0.744. The average molecular weight is 313 g/mol. The molecule has 0 amide bonds. The first-order chi connectivity index (χ1) is 10.5. The van der Waals surface area contributed by atoms with Crippen LogP contribution in [0, 0.1) is 6.92 Å². The molecule has 112 valence electrons. The van der Waals surface area contributed by atoms with Crippen LogP contribution in [0.3, 0.4) is 0 Å². The maximum atomic E-state index is 12.6. The second-order valence-electron chi connectivity index (χ2n) is 5.02. The zero-order valence-corrected chi connectivity index (χ0v) is 13.1. The molecule has 0 saturated heterocycles. The standard InChI is InChI=1S/C17H15NO3S/c1-12-3-8-15(9-4-12)22(19,20)17-10-6-13-5-7-14(21-2)11-16(13)18-17/h3-11H,1-2H3. The largest absolute Gasteiger partial charge is 0.497 e. The molecule has 1 heterocycles. The Balaban J connectivity index is 2.14. The Morgan fingerprint density at radius 2 is 1.64 bits per heavy atom. The first-order valence-electron chi connectivity index (χ1n) is 6.77. The van der Waals surface area contributed by atoms with Crippen molar-refractivity contribution in [3.05, 3.63) is 60.2 Å². The van der Waals surface area contributed by atoms with Crippen molar-refractivity contribution in [3.63, 3.8) is 0 Å². The SMILES string of the molecule is COc1ccc2ccc(S(=O)(=O)c3ccc(C)cc3)nc2c1. The van der Waals surface area contributed by atoms with Crippen LogP contribution in [0.4, 0.5) is 0 Å². The summed E-state index contributed by atoms with van der Waals surface area (Å²) in [7, 11) is -2.06. The fourth-order valence-electron chi connectivity index (χ4n) is 2.19. The lowest BCUT2D eigenvalue weighted by atomic mass is 10.2. The van der Waals surface area contributed by atoms with Crippen molar-refractivity contribution in [2.45, 2.75) is 16.8 Å². The molecule has 0 N–H and O–H groups in total. The first kappa shape index (κ1) is 14.5. The highest BCUT2D eigenvalue weighted by Gasteiger charge is 2.19. The molecule has 1 aromatic heterocycles. The lowest BCUT2D eigenvalue weighted by Crippen LogP contribution is -2.04. The molecule has 0 saturated carbocycles. The van der Waals surface area contributed by atoms with Crippen LogP contribution in [-0.2, 0) is 9.84 Å². The minimum atomic E-state index is -3.62. The topological polar surface area (TPSA) is 56.3 Å². The number of pyridine rings is 1. The van der Waals surface area contributed by atoms with E-state index in [2.05, 4.69) is 4.98 Å². The molecule has 2 aromatic carbocycles. The van der Waals surface area contributed by atoms with E-state index in [1.165, 1.54) is 6.07 Å². The van der Waals surface area contributed by atoms with Gasteiger partial charge in [-0.15, -0.1) is 0 Å². The molecule has 0 radical (unpaired) electrons.